The molecule has 0 saturated carbocycles. The Morgan fingerprint density at radius 1 is 0.938 bits per heavy atom. The summed E-state index contributed by atoms with van der Waals surface area (Å²) in [6.45, 7) is 7.71. The van der Waals surface area contributed by atoms with Crippen LogP contribution in [-0.2, 0) is 9.53 Å². The zero-order valence-corrected chi connectivity index (χ0v) is 10.4. The molecule has 0 aromatic carbocycles. The maximum atomic E-state index is 10.7. The predicted octanol–water partition coefficient (Wildman–Crippen LogP) is 4.06. The first-order valence-electron chi connectivity index (χ1n) is 6.39. The van der Waals surface area contributed by atoms with Crippen molar-refractivity contribution in [1.82, 2.24) is 0 Å². The van der Waals surface area contributed by atoms with Crippen molar-refractivity contribution in [3.8, 4) is 0 Å². The van der Waals surface area contributed by atoms with Crippen molar-refractivity contribution in [3.05, 3.63) is 19.6 Å². The number of carbonyl (C=O) groups excluding carboxylic acids is 1. The van der Waals surface area contributed by atoms with Gasteiger partial charge >= 0.3 is 5.97 Å². The molecule has 2 heteroatoms. The maximum Gasteiger partial charge on any atom is 0.330 e. The zero-order chi connectivity index (χ0) is 12.1. The summed E-state index contributed by atoms with van der Waals surface area (Å²) in [5, 5.41) is 0. The lowest BCUT2D eigenvalue weighted by atomic mass is 10.1. The molecule has 0 bridgehead atoms. The van der Waals surface area contributed by atoms with Gasteiger partial charge in [0.25, 0.3) is 0 Å². The van der Waals surface area contributed by atoms with E-state index in [2.05, 4.69) is 13.5 Å². The number of unbranched alkanes of at least 4 members (excludes halogenated alkanes) is 8. The molecule has 0 aliphatic carbocycles. The van der Waals surface area contributed by atoms with E-state index in [1.54, 1.807) is 0 Å². The first-order chi connectivity index (χ1) is 7.81. The molecule has 0 aliphatic rings. The van der Waals surface area contributed by atoms with Crippen LogP contribution in [0.15, 0.2) is 12.7 Å². The fraction of sp³-hybridized carbons (Fsp3) is 0.714. The molecule has 0 spiro atoms. The molecule has 0 unspecified atom stereocenters. The zero-order valence-electron chi connectivity index (χ0n) is 10.4. The average Bonchev–Trinajstić information content (AvgIpc) is 2.31. The third kappa shape index (κ3) is 11.3. The van der Waals surface area contributed by atoms with Gasteiger partial charge in [-0.1, -0.05) is 64.9 Å². The van der Waals surface area contributed by atoms with Gasteiger partial charge in [-0.05, 0) is 6.42 Å². The molecule has 0 saturated heterocycles. The van der Waals surface area contributed by atoms with Crippen molar-refractivity contribution < 1.29 is 9.53 Å². The summed E-state index contributed by atoms with van der Waals surface area (Å²) in [5.41, 5.74) is 0. The van der Waals surface area contributed by atoms with Crippen LogP contribution in [0.1, 0.15) is 57.8 Å². The first-order valence-corrected chi connectivity index (χ1v) is 6.39. The molecule has 1 radical (unpaired) electrons. The molecular weight excluding hydrogens is 200 g/mol. The highest BCUT2D eigenvalue weighted by molar-refractivity contribution is 5.81. The second kappa shape index (κ2) is 12.3. The van der Waals surface area contributed by atoms with Crippen LogP contribution in [0.5, 0.6) is 0 Å². The monoisotopic (exact) mass is 225 g/mol. The Labute approximate surface area is 100 Å². The van der Waals surface area contributed by atoms with Gasteiger partial charge in [0.1, 0.15) is 0 Å². The fourth-order valence-corrected chi connectivity index (χ4v) is 1.57. The molecule has 0 fully saturated rings. The van der Waals surface area contributed by atoms with Gasteiger partial charge < -0.3 is 4.74 Å². The lowest BCUT2D eigenvalue weighted by Crippen LogP contribution is -2.01. The summed E-state index contributed by atoms with van der Waals surface area (Å²) in [7, 11) is 0. The minimum atomic E-state index is -0.312. The topological polar surface area (TPSA) is 26.3 Å². The van der Waals surface area contributed by atoms with E-state index in [9.17, 15) is 4.79 Å². The van der Waals surface area contributed by atoms with Crippen molar-refractivity contribution in [3.63, 3.8) is 0 Å². The number of carbonyl (C=O) groups is 1. The molecule has 2 nitrogen and oxygen atoms in total. The van der Waals surface area contributed by atoms with E-state index in [0.717, 1.165) is 19.3 Å². The lowest BCUT2D eigenvalue weighted by molar-refractivity contribution is -0.137. The molecule has 16 heavy (non-hydrogen) atoms. The molecule has 0 amide bonds. The minimum absolute atomic E-state index is 0.312. The summed E-state index contributed by atoms with van der Waals surface area (Å²) >= 11 is 0. The highest BCUT2D eigenvalue weighted by atomic mass is 16.5. The van der Waals surface area contributed by atoms with Crippen molar-refractivity contribution in [2.75, 3.05) is 6.61 Å². The Kier molecular flexibility index (Phi) is 11.7. The molecule has 0 aromatic rings. The standard InChI is InChI=1S/C14H25O2/c1-3-5-6-7-8-9-10-11-12-13-16-14(15)4-2/h4H,1-3,5-13H2. The van der Waals surface area contributed by atoms with E-state index >= 15 is 0 Å². The van der Waals surface area contributed by atoms with Crippen molar-refractivity contribution in [1.29, 1.82) is 0 Å². The molecular formula is C14H25O2. The molecule has 93 valence electrons. The Hall–Kier alpha value is -0.790. The third-order valence-corrected chi connectivity index (χ3v) is 2.56. The van der Waals surface area contributed by atoms with E-state index in [1.807, 2.05) is 0 Å². The Morgan fingerprint density at radius 2 is 1.44 bits per heavy atom. The smallest absolute Gasteiger partial charge is 0.330 e. The average molecular weight is 225 g/mol. The van der Waals surface area contributed by atoms with E-state index in [1.165, 1.54) is 44.6 Å². The number of ether oxygens (including phenoxy) is 1. The molecule has 0 heterocycles. The van der Waals surface area contributed by atoms with Gasteiger partial charge in [-0.25, -0.2) is 4.79 Å². The Balaban J connectivity index is 2.98. The van der Waals surface area contributed by atoms with Crippen LogP contribution in [0.4, 0.5) is 0 Å². The molecule has 0 atom stereocenters. The summed E-state index contributed by atoms with van der Waals surface area (Å²) in [4.78, 5) is 10.7. The fourth-order valence-electron chi connectivity index (χ4n) is 1.57. The minimum Gasteiger partial charge on any atom is -0.463 e. The van der Waals surface area contributed by atoms with Gasteiger partial charge in [0.15, 0.2) is 0 Å². The van der Waals surface area contributed by atoms with Crippen LogP contribution in [0.25, 0.3) is 0 Å². The van der Waals surface area contributed by atoms with Crippen LogP contribution in [0.2, 0.25) is 0 Å². The highest BCUT2D eigenvalue weighted by Crippen LogP contribution is 2.09. The van der Waals surface area contributed by atoms with E-state index < -0.39 is 0 Å². The normalized spacial score (nSPS) is 10.1. The summed E-state index contributed by atoms with van der Waals surface area (Å²) in [5.74, 6) is -0.312. The quantitative estimate of drug-likeness (QED) is 0.301. The predicted molar refractivity (Wildman–Crippen MR) is 68.1 cm³/mol. The Bertz CT molecular complexity index is 176. The van der Waals surface area contributed by atoms with E-state index in [-0.39, 0.29) is 5.97 Å². The van der Waals surface area contributed by atoms with Gasteiger partial charge in [0.05, 0.1) is 6.61 Å². The number of hydrogen-bond acceptors (Lipinski definition) is 2. The van der Waals surface area contributed by atoms with E-state index in [4.69, 9.17) is 4.74 Å². The van der Waals surface area contributed by atoms with Crippen LogP contribution in [0, 0.1) is 6.92 Å². The SMILES string of the molecule is [CH2]CCCCCCCCCCOC(=O)C=C. The Morgan fingerprint density at radius 3 is 1.94 bits per heavy atom. The van der Waals surface area contributed by atoms with Crippen molar-refractivity contribution in [2.24, 2.45) is 0 Å². The van der Waals surface area contributed by atoms with Crippen molar-refractivity contribution in [2.45, 2.75) is 57.8 Å². The third-order valence-electron chi connectivity index (χ3n) is 2.56. The lowest BCUT2D eigenvalue weighted by Gasteiger charge is -2.02. The second-order valence-corrected chi connectivity index (χ2v) is 4.05. The van der Waals surface area contributed by atoms with Gasteiger partial charge in [-0.2, -0.15) is 0 Å². The van der Waals surface area contributed by atoms with Crippen LogP contribution < -0.4 is 0 Å². The summed E-state index contributed by atoms with van der Waals surface area (Å²) in [6, 6.07) is 0. The second-order valence-electron chi connectivity index (χ2n) is 4.05. The number of esters is 1. The van der Waals surface area contributed by atoms with Gasteiger partial charge in [0.2, 0.25) is 0 Å². The number of hydrogen-bond donors (Lipinski definition) is 0. The molecule has 0 N–H and O–H groups in total. The maximum absolute atomic E-state index is 10.7. The van der Waals surface area contributed by atoms with E-state index in [0.29, 0.717) is 6.61 Å². The molecule has 0 aromatic heterocycles. The van der Waals surface area contributed by atoms with Gasteiger partial charge in [0, 0.05) is 6.08 Å². The van der Waals surface area contributed by atoms with Crippen LogP contribution in [-0.4, -0.2) is 12.6 Å². The molecule has 0 aliphatic heterocycles. The summed E-state index contributed by atoms with van der Waals surface area (Å²) in [6.07, 6.45) is 12.2. The summed E-state index contributed by atoms with van der Waals surface area (Å²) < 4.78 is 4.89. The largest absolute Gasteiger partial charge is 0.463 e. The first kappa shape index (κ1) is 15.2. The number of rotatable bonds is 11. The van der Waals surface area contributed by atoms with Crippen LogP contribution >= 0.6 is 0 Å². The molecule has 0 rings (SSSR count). The van der Waals surface area contributed by atoms with Gasteiger partial charge in [-0.15, -0.1) is 0 Å². The van der Waals surface area contributed by atoms with Crippen molar-refractivity contribution >= 4 is 5.97 Å². The highest BCUT2D eigenvalue weighted by Gasteiger charge is 1.95. The van der Waals surface area contributed by atoms with Gasteiger partial charge in [-0.3, -0.25) is 0 Å². The van der Waals surface area contributed by atoms with Crippen LogP contribution in [0.3, 0.4) is 0 Å².